The molecule has 0 saturated heterocycles. The Labute approximate surface area is 102 Å². The lowest BCUT2D eigenvalue weighted by molar-refractivity contribution is 0.340. The Morgan fingerprint density at radius 3 is 2.56 bits per heavy atom. The van der Waals surface area contributed by atoms with Gasteiger partial charge in [0.25, 0.3) is 0 Å². The summed E-state index contributed by atoms with van der Waals surface area (Å²) in [7, 11) is 0. The molecule has 0 spiro atoms. The molecule has 2 N–H and O–H groups in total. The lowest BCUT2D eigenvalue weighted by Crippen LogP contribution is -2.01. The van der Waals surface area contributed by atoms with E-state index in [9.17, 15) is 0 Å². The van der Waals surface area contributed by atoms with E-state index in [0.717, 1.165) is 15.9 Å². The molecule has 84 valence electrons. The Morgan fingerprint density at radius 1 is 1.38 bits per heavy atom. The van der Waals surface area contributed by atoms with E-state index in [0.29, 0.717) is 12.4 Å². The Bertz CT molecular complexity index is 478. The van der Waals surface area contributed by atoms with Crippen molar-refractivity contribution in [3.63, 3.8) is 0 Å². The zero-order chi connectivity index (χ0) is 11.5. The molecule has 0 saturated carbocycles. The maximum Gasteiger partial charge on any atom is 0.141 e. The summed E-state index contributed by atoms with van der Waals surface area (Å²) in [6.45, 7) is 2.62. The first kappa shape index (κ1) is 11.0. The summed E-state index contributed by atoms with van der Waals surface area (Å²) in [5, 5.41) is 4.17. The molecule has 2 rings (SSSR count). The minimum atomic E-state index is 0.587. The zero-order valence-electron chi connectivity index (χ0n) is 8.85. The van der Waals surface area contributed by atoms with Gasteiger partial charge < -0.3 is 10.5 Å². The maximum atomic E-state index is 5.85. The highest BCUT2D eigenvalue weighted by molar-refractivity contribution is 9.10. The molecular weight excluding hydrogens is 270 g/mol. The molecule has 4 nitrogen and oxygen atoms in total. The van der Waals surface area contributed by atoms with Crippen molar-refractivity contribution in [2.24, 2.45) is 0 Å². The highest BCUT2D eigenvalue weighted by Gasteiger charge is 2.06. The van der Waals surface area contributed by atoms with Crippen LogP contribution < -0.4 is 10.5 Å². The fourth-order valence-corrected chi connectivity index (χ4v) is 1.65. The van der Waals surface area contributed by atoms with Crippen molar-refractivity contribution in [2.75, 3.05) is 12.3 Å². The highest BCUT2D eigenvalue weighted by Crippen LogP contribution is 2.23. The lowest BCUT2D eigenvalue weighted by atomic mass is 10.3. The van der Waals surface area contributed by atoms with E-state index in [2.05, 4.69) is 21.0 Å². The van der Waals surface area contributed by atoms with Crippen LogP contribution in [0.25, 0.3) is 5.69 Å². The summed E-state index contributed by atoms with van der Waals surface area (Å²) in [5.41, 5.74) is 6.76. The van der Waals surface area contributed by atoms with E-state index in [-0.39, 0.29) is 0 Å². The van der Waals surface area contributed by atoms with Crippen LogP contribution in [0.5, 0.6) is 5.75 Å². The minimum absolute atomic E-state index is 0.587. The molecule has 1 aromatic heterocycles. The van der Waals surface area contributed by atoms with Crippen molar-refractivity contribution < 1.29 is 4.74 Å². The summed E-state index contributed by atoms with van der Waals surface area (Å²) >= 11 is 3.32. The lowest BCUT2D eigenvalue weighted by Gasteiger charge is -2.06. The number of aromatic nitrogens is 2. The number of rotatable bonds is 3. The van der Waals surface area contributed by atoms with Crippen molar-refractivity contribution in [1.29, 1.82) is 0 Å². The van der Waals surface area contributed by atoms with Gasteiger partial charge in [0.2, 0.25) is 0 Å². The second kappa shape index (κ2) is 4.57. The van der Waals surface area contributed by atoms with Crippen LogP contribution in [-0.4, -0.2) is 16.4 Å². The number of anilines is 1. The van der Waals surface area contributed by atoms with Crippen molar-refractivity contribution in [2.45, 2.75) is 6.92 Å². The standard InChI is InChI=1S/C11H12BrN3O/c1-2-16-9-5-3-8(4-6-9)15-11(13)10(12)7-14-15/h3-7H,2,13H2,1H3. The molecular formula is C11H12BrN3O. The van der Waals surface area contributed by atoms with Crippen molar-refractivity contribution in [3.05, 3.63) is 34.9 Å². The molecule has 1 aromatic carbocycles. The topological polar surface area (TPSA) is 53.1 Å². The Hall–Kier alpha value is -1.49. The Kier molecular flexibility index (Phi) is 3.14. The first-order valence-corrected chi connectivity index (χ1v) is 5.74. The first-order valence-electron chi connectivity index (χ1n) is 4.94. The Morgan fingerprint density at radius 2 is 2.06 bits per heavy atom. The van der Waals surface area contributed by atoms with Gasteiger partial charge in [-0.15, -0.1) is 0 Å². The SMILES string of the molecule is CCOc1ccc(-n2ncc(Br)c2N)cc1. The average Bonchev–Trinajstić information content (AvgIpc) is 2.62. The number of nitrogen functional groups attached to an aromatic ring is 1. The van der Waals surface area contributed by atoms with E-state index >= 15 is 0 Å². The van der Waals surface area contributed by atoms with Gasteiger partial charge in [-0.05, 0) is 47.1 Å². The second-order valence-electron chi connectivity index (χ2n) is 3.22. The predicted molar refractivity (Wildman–Crippen MR) is 66.8 cm³/mol. The quantitative estimate of drug-likeness (QED) is 0.941. The summed E-state index contributed by atoms with van der Waals surface area (Å²) in [6, 6.07) is 7.63. The third-order valence-corrected chi connectivity index (χ3v) is 2.76. The van der Waals surface area contributed by atoms with E-state index in [1.165, 1.54) is 0 Å². The van der Waals surface area contributed by atoms with Gasteiger partial charge in [-0.1, -0.05) is 0 Å². The number of hydrogen-bond donors (Lipinski definition) is 1. The van der Waals surface area contributed by atoms with Crippen LogP contribution in [0.15, 0.2) is 34.9 Å². The first-order chi connectivity index (χ1) is 7.72. The van der Waals surface area contributed by atoms with Crippen LogP contribution in [0.4, 0.5) is 5.82 Å². The van der Waals surface area contributed by atoms with Gasteiger partial charge in [-0.25, -0.2) is 4.68 Å². The largest absolute Gasteiger partial charge is 0.494 e. The number of halogens is 1. The molecule has 0 bridgehead atoms. The minimum Gasteiger partial charge on any atom is -0.494 e. The van der Waals surface area contributed by atoms with Gasteiger partial charge in [0.15, 0.2) is 0 Å². The normalized spacial score (nSPS) is 10.4. The average molecular weight is 282 g/mol. The van der Waals surface area contributed by atoms with E-state index in [1.54, 1.807) is 10.9 Å². The van der Waals surface area contributed by atoms with Gasteiger partial charge in [0, 0.05) is 0 Å². The van der Waals surface area contributed by atoms with Gasteiger partial charge in [0.05, 0.1) is 23.0 Å². The summed E-state index contributed by atoms with van der Waals surface area (Å²) < 4.78 is 7.82. The number of ether oxygens (including phenoxy) is 1. The summed E-state index contributed by atoms with van der Waals surface area (Å²) in [4.78, 5) is 0. The molecule has 0 unspecified atom stereocenters. The van der Waals surface area contributed by atoms with Crippen LogP contribution >= 0.6 is 15.9 Å². The van der Waals surface area contributed by atoms with Gasteiger partial charge in [-0.3, -0.25) is 0 Å². The molecule has 0 atom stereocenters. The Balaban J connectivity index is 2.31. The fourth-order valence-electron chi connectivity index (χ4n) is 1.39. The number of nitrogens with two attached hydrogens (primary N) is 1. The van der Waals surface area contributed by atoms with Crippen LogP contribution in [0, 0.1) is 0 Å². The van der Waals surface area contributed by atoms with Crippen LogP contribution in [0.3, 0.4) is 0 Å². The summed E-state index contributed by atoms with van der Waals surface area (Å²) in [6.07, 6.45) is 1.67. The van der Waals surface area contributed by atoms with Crippen molar-refractivity contribution >= 4 is 21.7 Å². The van der Waals surface area contributed by atoms with Crippen LogP contribution in [-0.2, 0) is 0 Å². The van der Waals surface area contributed by atoms with Gasteiger partial charge >= 0.3 is 0 Å². The molecule has 0 radical (unpaired) electrons. The van der Waals surface area contributed by atoms with E-state index < -0.39 is 0 Å². The van der Waals surface area contributed by atoms with E-state index in [4.69, 9.17) is 10.5 Å². The molecule has 0 amide bonds. The molecule has 5 heteroatoms. The maximum absolute atomic E-state index is 5.85. The van der Waals surface area contributed by atoms with Crippen LogP contribution in [0.2, 0.25) is 0 Å². The molecule has 1 heterocycles. The fraction of sp³-hybridized carbons (Fsp3) is 0.182. The number of benzene rings is 1. The van der Waals surface area contributed by atoms with Gasteiger partial charge in [-0.2, -0.15) is 5.10 Å². The molecule has 0 aliphatic carbocycles. The molecule has 0 aliphatic heterocycles. The highest BCUT2D eigenvalue weighted by atomic mass is 79.9. The zero-order valence-corrected chi connectivity index (χ0v) is 10.4. The van der Waals surface area contributed by atoms with Gasteiger partial charge in [0.1, 0.15) is 11.6 Å². The second-order valence-corrected chi connectivity index (χ2v) is 4.07. The third-order valence-electron chi connectivity index (χ3n) is 2.15. The third kappa shape index (κ3) is 2.04. The van der Waals surface area contributed by atoms with Crippen molar-refractivity contribution in [1.82, 2.24) is 9.78 Å². The molecule has 2 aromatic rings. The monoisotopic (exact) mass is 281 g/mol. The van der Waals surface area contributed by atoms with Crippen LogP contribution in [0.1, 0.15) is 6.92 Å². The molecule has 0 fully saturated rings. The number of hydrogen-bond acceptors (Lipinski definition) is 3. The smallest absolute Gasteiger partial charge is 0.141 e. The number of nitrogens with zero attached hydrogens (tertiary/aromatic N) is 2. The van der Waals surface area contributed by atoms with Crippen molar-refractivity contribution in [3.8, 4) is 11.4 Å². The molecule has 16 heavy (non-hydrogen) atoms. The summed E-state index contributed by atoms with van der Waals surface area (Å²) in [5.74, 6) is 1.43. The molecule has 0 aliphatic rings. The predicted octanol–water partition coefficient (Wildman–Crippen LogP) is 2.62. The van der Waals surface area contributed by atoms with E-state index in [1.807, 2.05) is 31.2 Å².